The first-order valence-corrected chi connectivity index (χ1v) is 7.35. The van der Waals surface area contributed by atoms with E-state index in [9.17, 15) is 5.11 Å². The molecule has 2 aromatic rings. The summed E-state index contributed by atoms with van der Waals surface area (Å²) in [4.78, 5) is 0. The predicted octanol–water partition coefficient (Wildman–Crippen LogP) is 3.20. The SMILES string of the molecule is COc1ccc2c(c1)OCC(Cc1ccc(OC)c(O)c1)C2. The summed E-state index contributed by atoms with van der Waals surface area (Å²) in [7, 11) is 3.21. The third-order valence-corrected chi connectivity index (χ3v) is 4.03. The highest BCUT2D eigenvalue weighted by molar-refractivity contribution is 5.43. The van der Waals surface area contributed by atoms with Gasteiger partial charge in [-0.15, -0.1) is 0 Å². The van der Waals surface area contributed by atoms with E-state index in [1.165, 1.54) is 5.56 Å². The maximum Gasteiger partial charge on any atom is 0.160 e. The number of phenolic OH excluding ortho intramolecular Hbond substituents is 1. The number of hydrogen-bond acceptors (Lipinski definition) is 4. The zero-order valence-corrected chi connectivity index (χ0v) is 12.8. The van der Waals surface area contributed by atoms with Gasteiger partial charge >= 0.3 is 0 Å². The molecule has 0 fully saturated rings. The van der Waals surface area contributed by atoms with Crippen LogP contribution in [0.5, 0.6) is 23.0 Å². The molecule has 1 unspecified atom stereocenters. The van der Waals surface area contributed by atoms with Crippen LogP contribution in [0.4, 0.5) is 0 Å². The van der Waals surface area contributed by atoms with Crippen LogP contribution in [0.1, 0.15) is 11.1 Å². The van der Waals surface area contributed by atoms with Gasteiger partial charge in [-0.25, -0.2) is 0 Å². The van der Waals surface area contributed by atoms with Crippen LogP contribution in [0.25, 0.3) is 0 Å². The van der Waals surface area contributed by atoms with E-state index < -0.39 is 0 Å². The smallest absolute Gasteiger partial charge is 0.160 e. The van der Waals surface area contributed by atoms with Gasteiger partial charge in [0.05, 0.1) is 20.8 Å². The normalized spacial score (nSPS) is 16.5. The van der Waals surface area contributed by atoms with Crippen molar-refractivity contribution >= 4 is 0 Å². The van der Waals surface area contributed by atoms with Gasteiger partial charge < -0.3 is 19.3 Å². The second kappa shape index (κ2) is 6.18. The number of ether oxygens (including phenoxy) is 3. The van der Waals surface area contributed by atoms with Crippen LogP contribution in [-0.4, -0.2) is 25.9 Å². The first kappa shape index (κ1) is 14.6. The van der Waals surface area contributed by atoms with Crippen molar-refractivity contribution in [2.24, 2.45) is 5.92 Å². The zero-order chi connectivity index (χ0) is 15.5. The van der Waals surface area contributed by atoms with E-state index in [4.69, 9.17) is 14.2 Å². The third kappa shape index (κ3) is 2.96. The van der Waals surface area contributed by atoms with Crippen molar-refractivity contribution in [1.82, 2.24) is 0 Å². The van der Waals surface area contributed by atoms with Crippen molar-refractivity contribution in [2.75, 3.05) is 20.8 Å². The molecule has 0 bridgehead atoms. The van der Waals surface area contributed by atoms with Gasteiger partial charge in [-0.1, -0.05) is 12.1 Å². The van der Waals surface area contributed by atoms with Crippen molar-refractivity contribution in [2.45, 2.75) is 12.8 Å². The number of methoxy groups -OCH3 is 2. The molecule has 116 valence electrons. The van der Waals surface area contributed by atoms with E-state index in [1.807, 2.05) is 18.2 Å². The van der Waals surface area contributed by atoms with Gasteiger partial charge in [-0.3, -0.25) is 0 Å². The van der Waals surface area contributed by atoms with E-state index in [1.54, 1.807) is 26.4 Å². The summed E-state index contributed by atoms with van der Waals surface area (Å²) in [5.41, 5.74) is 2.29. The third-order valence-electron chi connectivity index (χ3n) is 4.03. The Labute approximate surface area is 130 Å². The minimum Gasteiger partial charge on any atom is -0.504 e. The summed E-state index contributed by atoms with van der Waals surface area (Å²) < 4.78 is 16.1. The maximum absolute atomic E-state index is 9.87. The van der Waals surface area contributed by atoms with Crippen LogP contribution in [-0.2, 0) is 12.8 Å². The highest BCUT2D eigenvalue weighted by atomic mass is 16.5. The number of rotatable bonds is 4. The average Bonchev–Trinajstić information content (AvgIpc) is 2.54. The summed E-state index contributed by atoms with van der Waals surface area (Å²) in [6, 6.07) is 11.5. The average molecular weight is 300 g/mol. The monoisotopic (exact) mass is 300 g/mol. The highest BCUT2D eigenvalue weighted by Crippen LogP contribution is 2.33. The molecule has 0 radical (unpaired) electrons. The summed E-state index contributed by atoms with van der Waals surface area (Å²) in [6.45, 7) is 0.674. The van der Waals surface area contributed by atoms with Gasteiger partial charge in [0.2, 0.25) is 0 Å². The molecule has 1 heterocycles. The molecule has 2 aromatic carbocycles. The fourth-order valence-corrected chi connectivity index (χ4v) is 2.87. The van der Waals surface area contributed by atoms with E-state index >= 15 is 0 Å². The van der Waals surface area contributed by atoms with E-state index in [2.05, 4.69) is 6.07 Å². The lowest BCUT2D eigenvalue weighted by Crippen LogP contribution is -2.22. The summed E-state index contributed by atoms with van der Waals surface area (Å²) in [5, 5.41) is 9.87. The van der Waals surface area contributed by atoms with Crippen molar-refractivity contribution in [3.8, 4) is 23.0 Å². The van der Waals surface area contributed by atoms with Gasteiger partial charge in [-0.2, -0.15) is 0 Å². The van der Waals surface area contributed by atoms with Crippen molar-refractivity contribution < 1.29 is 19.3 Å². The van der Waals surface area contributed by atoms with Crippen LogP contribution < -0.4 is 14.2 Å². The van der Waals surface area contributed by atoms with Gasteiger partial charge in [0, 0.05) is 12.0 Å². The molecular formula is C18H20O4. The van der Waals surface area contributed by atoms with Gasteiger partial charge in [-0.05, 0) is 42.2 Å². The molecule has 0 saturated heterocycles. The molecule has 4 heteroatoms. The maximum atomic E-state index is 9.87. The fourth-order valence-electron chi connectivity index (χ4n) is 2.87. The second-order valence-electron chi connectivity index (χ2n) is 5.57. The number of phenols is 1. The Kier molecular flexibility index (Phi) is 4.09. The lowest BCUT2D eigenvalue weighted by Gasteiger charge is -2.25. The molecule has 3 rings (SSSR count). The Morgan fingerprint density at radius 3 is 2.73 bits per heavy atom. The van der Waals surface area contributed by atoms with E-state index in [0.29, 0.717) is 18.3 Å². The number of aromatic hydroxyl groups is 1. The van der Waals surface area contributed by atoms with Gasteiger partial charge in [0.25, 0.3) is 0 Å². The Morgan fingerprint density at radius 1 is 1.14 bits per heavy atom. The van der Waals surface area contributed by atoms with Crippen molar-refractivity contribution in [3.05, 3.63) is 47.5 Å². The number of benzene rings is 2. The van der Waals surface area contributed by atoms with Crippen LogP contribution >= 0.6 is 0 Å². The van der Waals surface area contributed by atoms with Gasteiger partial charge in [0.15, 0.2) is 11.5 Å². The summed E-state index contributed by atoms with van der Waals surface area (Å²) in [6.07, 6.45) is 1.83. The summed E-state index contributed by atoms with van der Waals surface area (Å²) in [5.74, 6) is 2.81. The largest absolute Gasteiger partial charge is 0.504 e. The van der Waals surface area contributed by atoms with Crippen LogP contribution in [0.3, 0.4) is 0 Å². The second-order valence-corrected chi connectivity index (χ2v) is 5.57. The molecule has 0 aliphatic carbocycles. The van der Waals surface area contributed by atoms with Crippen molar-refractivity contribution in [3.63, 3.8) is 0 Å². The Morgan fingerprint density at radius 2 is 2.00 bits per heavy atom. The molecule has 4 nitrogen and oxygen atoms in total. The summed E-state index contributed by atoms with van der Waals surface area (Å²) >= 11 is 0. The number of hydrogen-bond donors (Lipinski definition) is 1. The quantitative estimate of drug-likeness (QED) is 0.942. The predicted molar refractivity (Wildman–Crippen MR) is 84.0 cm³/mol. The molecule has 1 aliphatic heterocycles. The van der Waals surface area contributed by atoms with Crippen LogP contribution in [0, 0.1) is 5.92 Å². The van der Waals surface area contributed by atoms with E-state index in [-0.39, 0.29) is 5.75 Å². The van der Waals surface area contributed by atoms with Crippen LogP contribution in [0.15, 0.2) is 36.4 Å². The first-order chi connectivity index (χ1) is 10.7. The minimum atomic E-state index is 0.182. The highest BCUT2D eigenvalue weighted by Gasteiger charge is 2.21. The van der Waals surface area contributed by atoms with Crippen LogP contribution in [0.2, 0.25) is 0 Å². The van der Waals surface area contributed by atoms with E-state index in [0.717, 1.165) is 29.9 Å². The Hall–Kier alpha value is -2.36. The molecule has 1 atom stereocenters. The molecule has 0 spiro atoms. The standard InChI is InChI=1S/C18H20O4/c1-20-15-5-4-14-8-13(11-22-18(14)10-15)7-12-3-6-17(21-2)16(19)9-12/h3-6,9-10,13,19H,7-8,11H2,1-2H3. The van der Waals surface area contributed by atoms with Gasteiger partial charge in [0.1, 0.15) is 11.5 Å². The lowest BCUT2D eigenvalue weighted by molar-refractivity contribution is 0.220. The zero-order valence-electron chi connectivity index (χ0n) is 12.8. The van der Waals surface area contributed by atoms with Crippen molar-refractivity contribution in [1.29, 1.82) is 0 Å². The Balaban J connectivity index is 1.71. The lowest BCUT2D eigenvalue weighted by atomic mass is 9.91. The number of fused-ring (bicyclic) bond motifs is 1. The molecule has 22 heavy (non-hydrogen) atoms. The Bertz CT molecular complexity index is 666. The molecule has 0 aromatic heterocycles. The molecular weight excluding hydrogens is 280 g/mol. The first-order valence-electron chi connectivity index (χ1n) is 7.35. The minimum absolute atomic E-state index is 0.182. The molecule has 0 saturated carbocycles. The molecule has 0 amide bonds. The molecule has 1 N–H and O–H groups in total. The molecule has 1 aliphatic rings. The topological polar surface area (TPSA) is 47.9 Å². The fraction of sp³-hybridized carbons (Fsp3) is 0.333.